The molecule has 0 unspecified atom stereocenters. The van der Waals surface area contributed by atoms with Crippen molar-refractivity contribution in [2.45, 2.75) is 26.6 Å². The average Bonchev–Trinajstić information content (AvgIpc) is 2.74. The zero-order valence-electron chi connectivity index (χ0n) is 12.5. The normalized spacial score (nSPS) is 11.5. The highest BCUT2D eigenvalue weighted by atomic mass is 19.4. The van der Waals surface area contributed by atoms with Crippen molar-refractivity contribution < 1.29 is 18.0 Å². The van der Waals surface area contributed by atoms with Crippen molar-refractivity contribution in [2.24, 2.45) is 7.05 Å². The summed E-state index contributed by atoms with van der Waals surface area (Å²) >= 11 is 0. The molecule has 0 aliphatic heterocycles. The lowest BCUT2D eigenvalue weighted by atomic mass is 10.1. The smallest absolute Gasteiger partial charge is 0.348 e. The highest BCUT2D eigenvalue weighted by Gasteiger charge is 2.40. The lowest BCUT2D eigenvalue weighted by molar-refractivity contribution is -0.141. The van der Waals surface area contributed by atoms with Crippen LogP contribution >= 0.6 is 0 Å². The van der Waals surface area contributed by atoms with Crippen LogP contribution in [0.25, 0.3) is 0 Å². The molecule has 2 aromatic rings. The molecule has 1 heterocycles. The van der Waals surface area contributed by atoms with Crippen LogP contribution in [0.3, 0.4) is 0 Å². The van der Waals surface area contributed by atoms with Gasteiger partial charge < -0.3 is 5.32 Å². The first-order valence-electron chi connectivity index (χ1n) is 6.64. The van der Waals surface area contributed by atoms with Gasteiger partial charge in [-0.1, -0.05) is 29.8 Å². The molecule has 0 radical (unpaired) electrons. The second-order valence-corrected chi connectivity index (χ2v) is 5.10. The van der Waals surface area contributed by atoms with Crippen molar-refractivity contribution in [1.82, 2.24) is 15.1 Å². The summed E-state index contributed by atoms with van der Waals surface area (Å²) in [5.41, 5.74) is 0.469. The molecule has 0 fully saturated rings. The van der Waals surface area contributed by atoms with E-state index >= 15 is 0 Å². The molecule has 1 amide bonds. The van der Waals surface area contributed by atoms with Crippen LogP contribution in [0.4, 0.5) is 13.2 Å². The predicted molar refractivity (Wildman–Crippen MR) is 75.3 cm³/mol. The molecule has 7 heteroatoms. The summed E-state index contributed by atoms with van der Waals surface area (Å²) in [4.78, 5) is 12.1. The van der Waals surface area contributed by atoms with Crippen LogP contribution < -0.4 is 5.32 Å². The second-order valence-electron chi connectivity index (χ2n) is 5.10. The first-order valence-corrected chi connectivity index (χ1v) is 6.64. The van der Waals surface area contributed by atoms with Crippen molar-refractivity contribution in [3.8, 4) is 0 Å². The third-order valence-corrected chi connectivity index (χ3v) is 3.40. The largest absolute Gasteiger partial charge is 0.435 e. The van der Waals surface area contributed by atoms with E-state index in [0.717, 1.165) is 15.8 Å². The van der Waals surface area contributed by atoms with Gasteiger partial charge in [-0.15, -0.1) is 0 Å². The number of alkyl halides is 3. The van der Waals surface area contributed by atoms with E-state index in [1.807, 2.05) is 31.2 Å². The number of nitrogens with zero attached hydrogens (tertiary/aromatic N) is 2. The summed E-state index contributed by atoms with van der Waals surface area (Å²) in [7, 11) is 1.38. The molecule has 2 rings (SSSR count). The van der Waals surface area contributed by atoms with Crippen molar-refractivity contribution in [2.75, 3.05) is 0 Å². The van der Waals surface area contributed by atoms with Crippen molar-refractivity contribution in [1.29, 1.82) is 0 Å². The molecule has 4 nitrogen and oxygen atoms in total. The van der Waals surface area contributed by atoms with E-state index in [1.54, 1.807) is 0 Å². The van der Waals surface area contributed by atoms with Crippen LogP contribution in [-0.2, 0) is 19.8 Å². The van der Waals surface area contributed by atoms with Gasteiger partial charge in [0.15, 0.2) is 5.69 Å². The minimum absolute atomic E-state index is 0.157. The van der Waals surface area contributed by atoms with Crippen LogP contribution in [0.15, 0.2) is 24.3 Å². The first kappa shape index (κ1) is 16.1. The van der Waals surface area contributed by atoms with Crippen LogP contribution in [0, 0.1) is 13.8 Å². The topological polar surface area (TPSA) is 46.9 Å². The number of aromatic nitrogens is 2. The Labute approximate surface area is 125 Å². The highest BCUT2D eigenvalue weighted by molar-refractivity contribution is 5.96. The Balaban J connectivity index is 2.21. The zero-order chi connectivity index (χ0) is 16.5. The van der Waals surface area contributed by atoms with Gasteiger partial charge in [0.1, 0.15) is 0 Å². The lowest BCUT2D eigenvalue weighted by Gasteiger charge is -2.08. The summed E-state index contributed by atoms with van der Waals surface area (Å²) in [5, 5.41) is 5.91. The van der Waals surface area contributed by atoms with Gasteiger partial charge in [-0.25, -0.2) is 0 Å². The van der Waals surface area contributed by atoms with E-state index in [9.17, 15) is 18.0 Å². The lowest BCUT2D eigenvalue weighted by Crippen LogP contribution is -2.26. The van der Waals surface area contributed by atoms with Crippen molar-refractivity contribution >= 4 is 5.91 Å². The number of hydrogen-bond acceptors (Lipinski definition) is 2. The Kier molecular flexibility index (Phi) is 4.25. The van der Waals surface area contributed by atoms with Crippen LogP contribution in [0.2, 0.25) is 0 Å². The fraction of sp³-hybridized carbons (Fsp3) is 0.333. The van der Waals surface area contributed by atoms with Gasteiger partial charge in [0.25, 0.3) is 5.91 Å². The number of amides is 1. The summed E-state index contributed by atoms with van der Waals surface area (Å²) in [6, 6.07) is 7.38. The van der Waals surface area contributed by atoms with E-state index < -0.39 is 23.3 Å². The molecular weight excluding hydrogens is 295 g/mol. The quantitative estimate of drug-likeness (QED) is 0.947. The molecule has 0 aliphatic rings. The number of rotatable bonds is 3. The van der Waals surface area contributed by atoms with Gasteiger partial charge in [-0.2, -0.15) is 18.3 Å². The first-order chi connectivity index (χ1) is 10.2. The van der Waals surface area contributed by atoms with Crippen LogP contribution in [-0.4, -0.2) is 15.7 Å². The van der Waals surface area contributed by atoms with E-state index in [2.05, 4.69) is 10.4 Å². The maximum atomic E-state index is 13.0. The molecule has 0 saturated carbocycles. The minimum atomic E-state index is -4.66. The molecule has 1 aromatic heterocycles. The molecule has 0 spiro atoms. The SMILES string of the molecule is Cc1ccc(CNC(=O)c2c(C(F)(F)F)nn(C)c2C)cc1. The third kappa shape index (κ3) is 3.29. The number of benzene rings is 1. The van der Waals surface area contributed by atoms with Gasteiger partial charge in [0.2, 0.25) is 0 Å². The summed E-state index contributed by atoms with van der Waals surface area (Å²) < 4.78 is 39.9. The predicted octanol–water partition coefficient (Wildman–Crippen LogP) is 2.99. The van der Waals surface area contributed by atoms with E-state index in [1.165, 1.54) is 14.0 Å². The molecule has 1 N–H and O–H groups in total. The second kappa shape index (κ2) is 5.82. The zero-order valence-corrected chi connectivity index (χ0v) is 12.5. The number of carbonyl (C=O) groups excluding carboxylic acids is 1. The Morgan fingerprint density at radius 1 is 1.23 bits per heavy atom. The standard InChI is InChI=1S/C15H16F3N3O/c1-9-4-6-11(7-5-9)8-19-14(22)12-10(2)21(3)20-13(12)15(16,17)18/h4-7H,8H2,1-3H3,(H,19,22). The van der Waals surface area contributed by atoms with Crippen LogP contribution in [0.5, 0.6) is 0 Å². The van der Waals surface area contributed by atoms with E-state index in [0.29, 0.717) is 0 Å². The third-order valence-electron chi connectivity index (χ3n) is 3.40. The molecule has 0 bridgehead atoms. The van der Waals surface area contributed by atoms with E-state index in [-0.39, 0.29) is 12.2 Å². The number of hydrogen-bond donors (Lipinski definition) is 1. The minimum Gasteiger partial charge on any atom is -0.348 e. The Hall–Kier alpha value is -2.31. The Morgan fingerprint density at radius 2 is 1.82 bits per heavy atom. The summed E-state index contributed by atoms with van der Waals surface area (Å²) in [6.45, 7) is 3.52. The number of nitrogens with one attached hydrogen (secondary N) is 1. The molecule has 0 aliphatic carbocycles. The fourth-order valence-electron chi connectivity index (χ4n) is 2.06. The van der Waals surface area contributed by atoms with Gasteiger partial charge in [0.05, 0.1) is 5.56 Å². The Morgan fingerprint density at radius 3 is 2.36 bits per heavy atom. The molecule has 0 saturated heterocycles. The molecule has 22 heavy (non-hydrogen) atoms. The summed E-state index contributed by atoms with van der Waals surface area (Å²) in [5.74, 6) is -0.779. The van der Waals surface area contributed by atoms with Crippen molar-refractivity contribution in [3.63, 3.8) is 0 Å². The van der Waals surface area contributed by atoms with Crippen molar-refractivity contribution in [3.05, 3.63) is 52.3 Å². The maximum Gasteiger partial charge on any atom is 0.435 e. The Bertz CT molecular complexity index is 687. The number of aryl methyl sites for hydroxylation is 2. The summed E-state index contributed by atoms with van der Waals surface area (Å²) in [6.07, 6.45) is -4.66. The van der Waals surface area contributed by atoms with Crippen LogP contribution in [0.1, 0.15) is 32.9 Å². The number of halogens is 3. The molecule has 0 atom stereocenters. The highest BCUT2D eigenvalue weighted by Crippen LogP contribution is 2.32. The van der Waals surface area contributed by atoms with E-state index in [4.69, 9.17) is 0 Å². The fourth-order valence-corrected chi connectivity index (χ4v) is 2.06. The maximum absolute atomic E-state index is 13.0. The average molecular weight is 311 g/mol. The monoisotopic (exact) mass is 311 g/mol. The molecular formula is C15H16F3N3O. The van der Waals surface area contributed by atoms with Gasteiger partial charge in [-0.3, -0.25) is 9.48 Å². The molecule has 1 aromatic carbocycles. The number of carbonyl (C=O) groups is 1. The van der Waals surface area contributed by atoms with Gasteiger partial charge >= 0.3 is 6.18 Å². The van der Waals surface area contributed by atoms with Gasteiger partial charge in [-0.05, 0) is 19.4 Å². The molecule has 118 valence electrons. The van der Waals surface area contributed by atoms with Gasteiger partial charge in [0, 0.05) is 19.3 Å².